The van der Waals surface area contributed by atoms with E-state index in [1.807, 2.05) is 0 Å². The Morgan fingerprint density at radius 1 is 1.32 bits per heavy atom. The SMILES string of the molecule is CNC(=O)CCOC(=O)c1cn[nH]c1-c1c(F)cccc1F. The Balaban J connectivity index is 2.19. The number of ether oxygens (including phenoxy) is 1. The van der Waals surface area contributed by atoms with Gasteiger partial charge in [0, 0.05) is 7.05 Å². The fraction of sp³-hybridized carbons (Fsp3) is 0.214. The molecule has 22 heavy (non-hydrogen) atoms. The summed E-state index contributed by atoms with van der Waals surface area (Å²) in [6.45, 7) is -0.150. The van der Waals surface area contributed by atoms with Crippen LogP contribution >= 0.6 is 0 Å². The molecule has 0 spiro atoms. The van der Waals surface area contributed by atoms with E-state index in [0.717, 1.165) is 18.3 Å². The van der Waals surface area contributed by atoms with Crippen LogP contribution in [0.3, 0.4) is 0 Å². The molecular formula is C14H13F2N3O3. The number of nitrogens with one attached hydrogen (secondary N) is 2. The Morgan fingerprint density at radius 3 is 2.64 bits per heavy atom. The Hall–Kier alpha value is -2.77. The van der Waals surface area contributed by atoms with Crippen molar-refractivity contribution < 1.29 is 23.1 Å². The highest BCUT2D eigenvalue weighted by molar-refractivity contribution is 5.96. The predicted molar refractivity (Wildman–Crippen MR) is 72.9 cm³/mol. The summed E-state index contributed by atoms with van der Waals surface area (Å²) in [5, 5.41) is 8.39. The lowest BCUT2D eigenvalue weighted by molar-refractivity contribution is -0.121. The van der Waals surface area contributed by atoms with E-state index in [0.29, 0.717) is 0 Å². The Bertz CT molecular complexity index is 680. The zero-order chi connectivity index (χ0) is 16.1. The molecule has 6 nitrogen and oxygen atoms in total. The molecule has 0 aliphatic rings. The molecule has 0 fully saturated rings. The van der Waals surface area contributed by atoms with Crippen molar-refractivity contribution in [3.05, 3.63) is 41.6 Å². The van der Waals surface area contributed by atoms with Crippen molar-refractivity contribution in [1.29, 1.82) is 0 Å². The van der Waals surface area contributed by atoms with Crippen molar-refractivity contribution in [2.24, 2.45) is 0 Å². The number of esters is 1. The van der Waals surface area contributed by atoms with Gasteiger partial charge in [0.2, 0.25) is 5.91 Å². The molecule has 0 aliphatic heterocycles. The van der Waals surface area contributed by atoms with Crippen molar-refractivity contribution in [2.75, 3.05) is 13.7 Å². The number of carbonyl (C=O) groups excluding carboxylic acids is 2. The molecule has 0 aliphatic carbocycles. The van der Waals surface area contributed by atoms with Gasteiger partial charge in [-0.3, -0.25) is 9.89 Å². The molecule has 1 amide bonds. The first kappa shape index (κ1) is 15.6. The summed E-state index contributed by atoms with van der Waals surface area (Å²) in [5.74, 6) is -2.78. The largest absolute Gasteiger partial charge is 0.461 e. The lowest BCUT2D eigenvalue weighted by Crippen LogP contribution is -2.20. The number of hydrogen-bond acceptors (Lipinski definition) is 4. The smallest absolute Gasteiger partial charge is 0.342 e. The molecule has 116 valence electrons. The van der Waals surface area contributed by atoms with E-state index in [1.165, 1.54) is 13.1 Å². The monoisotopic (exact) mass is 309 g/mol. The predicted octanol–water partition coefficient (Wildman–Crippen LogP) is 1.65. The number of aromatic amines is 1. The molecule has 0 unspecified atom stereocenters. The van der Waals surface area contributed by atoms with Crippen LogP contribution in [0.15, 0.2) is 24.4 Å². The van der Waals surface area contributed by atoms with Gasteiger partial charge < -0.3 is 10.1 Å². The summed E-state index contributed by atoms with van der Waals surface area (Å²) < 4.78 is 32.4. The molecule has 2 aromatic rings. The molecule has 1 aromatic carbocycles. The number of hydrogen-bond donors (Lipinski definition) is 2. The van der Waals surface area contributed by atoms with Crippen LogP contribution in [0, 0.1) is 11.6 Å². The van der Waals surface area contributed by atoms with E-state index < -0.39 is 23.2 Å². The molecule has 2 N–H and O–H groups in total. The lowest BCUT2D eigenvalue weighted by Gasteiger charge is -2.06. The van der Waals surface area contributed by atoms with Crippen LogP contribution in [0.4, 0.5) is 8.78 Å². The molecule has 1 aromatic heterocycles. The highest BCUT2D eigenvalue weighted by Crippen LogP contribution is 2.27. The van der Waals surface area contributed by atoms with E-state index in [9.17, 15) is 18.4 Å². The minimum Gasteiger partial charge on any atom is -0.461 e. The molecule has 0 atom stereocenters. The maximum Gasteiger partial charge on any atom is 0.342 e. The van der Waals surface area contributed by atoms with Gasteiger partial charge in [0.1, 0.15) is 23.8 Å². The van der Waals surface area contributed by atoms with E-state index in [2.05, 4.69) is 15.5 Å². The van der Waals surface area contributed by atoms with Gasteiger partial charge in [-0.25, -0.2) is 13.6 Å². The topological polar surface area (TPSA) is 84.1 Å². The van der Waals surface area contributed by atoms with Crippen LogP contribution in [0.5, 0.6) is 0 Å². The van der Waals surface area contributed by atoms with Crippen molar-refractivity contribution in [2.45, 2.75) is 6.42 Å². The zero-order valence-electron chi connectivity index (χ0n) is 11.7. The molecular weight excluding hydrogens is 296 g/mol. The van der Waals surface area contributed by atoms with Gasteiger partial charge in [-0.1, -0.05) is 6.07 Å². The first-order valence-electron chi connectivity index (χ1n) is 6.40. The molecule has 8 heteroatoms. The van der Waals surface area contributed by atoms with Crippen LogP contribution in [-0.4, -0.2) is 35.7 Å². The molecule has 0 radical (unpaired) electrons. The molecule has 0 saturated carbocycles. The fourth-order valence-electron chi connectivity index (χ4n) is 1.81. The quantitative estimate of drug-likeness (QED) is 0.823. The number of rotatable bonds is 5. The van der Waals surface area contributed by atoms with Crippen LogP contribution in [-0.2, 0) is 9.53 Å². The van der Waals surface area contributed by atoms with Crippen LogP contribution in [0.1, 0.15) is 16.8 Å². The number of halogens is 2. The maximum atomic E-state index is 13.8. The minimum atomic E-state index is -0.830. The summed E-state index contributed by atoms with van der Waals surface area (Å²) in [7, 11) is 1.46. The van der Waals surface area contributed by atoms with E-state index in [1.54, 1.807) is 0 Å². The van der Waals surface area contributed by atoms with Gasteiger partial charge in [-0.15, -0.1) is 0 Å². The Morgan fingerprint density at radius 2 is 2.00 bits per heavy atom. The van der Waals surface area contributed by atoms with Crippen LogP contribution in [0.25, 0.3) is 11.3 Å². The summed E-state index contributed by atoms with van der Waals surface area (Å²) in [6.07, 6.45) is 1.10. The second-order valence-corrected chi connectivity index (χ2v) is 4.31. The number of amides is 1. The number of carbonyl (C=O) groups is 2. The van der Waals surface area contributed by atoms with Crippen LogP contribution in [0.2, 0.25) is 0 Å². The average molecular weight is 309 g/mol. The number of H-pyrrole nitrogens is 1. The van der Waals surface area contributed by atoms with Gasteiger partial charge in [0.05, 0.1) is 23.9 Å². The molecule has 0 saturated heterocycles. The third kappa shape index (κ3) is 3.27. The second kappa shape index (κ2) is 6.79. The van der Waals surface area contributed by atoms with Crippen molar-refractivity contribution in [3.8, 4) is 11.3 Å². The molecule has 2 rings (SSSR count). The highest BCUT2D eigenvalue weighted by Gasteiger charge is 2.22. The summed E-state index contributed by atoms with van der Waals surface area (Å²) in [6, 6.07) is 3.35. The second-order valence-electron chi connectivity index (χ2n) is 4.31. The number of nitrogens with zero attached hydrogens (tertiary/aromatic N) is 1. The van der Waals surface area contributed by atoms with Gasteiger partial charge in [-0.05, 0) is 12.1 Å². The first-order valence-corrected chi connectivity index (χ1v) is 6.40. The van der Waals surface area contributed by atoms with Gasteiger partial charge in [-0.2, -0.15) is 5.10 Å². The normalized spacial score (nSPS) is 10.3. The average Bonchev–Trinajstić information content (AvgIpc) is 2.96. The van der Waals surface area contributed by atoms with E-state index >= 15 is 0 Å². The van der Waals surface area contributed by atoms with Crippen LogP contribution < -0.4 is 5.32 Å². The van der Waals surface area contributed by atoms with E-state index in [-0.39, 0.29) is 30.2 Å². The standard InChI is InChI=1S/C14H13F2N3O3/c1-17-11(20)5-6-22-14(21)8-7-18-19-13(8)12-9(15)3-2-4-10(12)16/h2-4,7H,5-6H2,1H3,(H,17,20)(H,18,19). The summed E-state index contributed by atoms with van der Waals surface area (Å²) in [4.78, 5) is 23.0. The Kier molecular flexibility index (Phi) is 4.82. The first-order chi connectivity index (χ1) is 10.5. The molecule has 1 heterocycles. The molecule has 0 bridgehead atoms. The third-order valence-corrected chi connectivity index (χ3v) is 2.91. The lowest BCUT2D eigenvalue weighted by atomic mass is 10.1. The summed E-state index contributed by atoms with van der Waals surface area (Å²) >= 11 is 0. The summed E-state index contributed by atoms with van der Waals surface area (Å²) in [5.41, 5.74) is -0.611. The van der Waals surface area contributed by atoms with Crippen molar-refractivity contribution >= 4 is 11.9 Å². The van der Waals surface area contributed by atoms with E-state index in [4.69, 9.17) is 4.74 Å². The fourth-order valence-corrected chi connectivity index (χ4v) is 1.81. The van der Waals surface area contributed by atoms with Gasteiger partial charge >= 0.3 is 5.97 Å². The minimum absolute atomic E-state index is 0.0104. The van der Waals surface area contributed by atoms with Crippen molar-refractivity contribution in [1.82, 2.24) is 15.5 Å². The van der Waals surface area contributed by atoms with Crippen molar-refractivity contribution in [3.63, 3.8) is 0 Å². The highest BCUT2D eigenvalue weighted by atomic mass is 19.1. The number of benzene rings is 1. The maximum absolute atomic E-state index is 13.8. The zero-order valence-corrected chi connectivity index (χ0v) is 11.7. The Labute approximate surface area is 124 Å². The van der Waals surface area contributed by atoms with Gasteiger partial charge in [0.15, 0.2) is 0 Å². The van der Waals surface area contributed by atoms with Gasteiger partial charge in [0.25, 0.3) is 0 Å². The number of aromatic nitrogens is 2. The third-order valence-electron chi connectivity index (χ3n) is 2.91.